The maximum absolute atomic E-state index is 12.7. The Morgan fingerprint density at radius 2 is 1.76 bits per heavy atom. The molecule has 0 fully saturated rings. The highest BCUT2D eigenvalue weighted by molar-refractivity contribution is 6.30. The maximum Gasteiger partial charge on any atom is 0.256 e. The van der Waals surface area contributed by atoms with Gasteiger partial charge in [0.2, 0.25) is 0 Å². The average molecular weight is 460 g/mol. The highest BCUT2D eigenvalue weighted by Gasteiger charge is 2.10. The van der Waals surface area contributed by atoms with E-state index in [-0.39, 0.29) is 5.91 Å². The van der Waals surface area contributed by atoms with Gasteiger partial charge < -0.3 is 10.1 Å². The molecule has 1 amide bonds. The molecule has 0 saturated carbocycles. The second-order valence-electron chi connectivity index (χ2n) is 8.19. The molecule has 168 valence electrons. The monoisotopic (exact) mass is 459 g/mol. The molecule has 0 spiro atoms. The molecule has 1 aromatic heterocycles. The Bertz CT molecular complexity index is 1210. The summed E-state index contributed by atoms with van der Waals surface area (Å²) in [6, 6.07) is 24.9. The average Bonchev–Trinajstić information content (AvgIpc) is 3.26. The summed E-state index contributed by atoms with van der Waals surface area (Å²) in [6.07, 6.45) is 1.83. The molecule has 3 aromatic carbocycles. The molecule has 0 atom stereocenters. The lowest BCUT2D eigenvalue weighted by atomic mass is 10.0. The summed E-state index contributed by atoms with van der Waals surface area (Å²) < 4.78 is 7.66. The summed E-state index contributed by atoms with van der Waals surface area (Å²) in [4.78, 5) is 12.7. The van der Waals surface area contributed by atoms with Gasteiger partial charge in [0.05, 0.1) is 6.54 Å². The van der Waals surface area contributed by atoms with Gasteiger partial charge in [0.15, 0.2) is 5.82 Å². The van der Waals surface area contributed by atoms with Crippen molar-refractivity contribution in [1.82, 2.24) is 9.78 Å². The number of carbonyl (C=O) groups excluding carboxylic acids is 1. The van der Waals surface area contributed by atoms with Crippen molar-refractivity contribution in [2.24, 2.45) is 0 Å². The minimum Gasteiger partial charge on any atom is -0.489 e. The van der Waals surface area contributed by atoms with E-state index in [1.165, 1.54) is 5.56 Å². The normalized spacial score (nSPS) is 10.9. The van der Waals surface area contributed by atoms with Gasteiger partial charge in [-0.15, -0.1) is 0 Å². The maximum atomic E-state index is 12.7. The van der Waals surface area contributed by atoms with Crippen LogP contribution in [0.4, 0.5) is 5.82 Å². The van der Waals surface area contributed by atoms with Crippen LogP contribution < -0.4 is 10.1 Å². The number of nitrogens with one attached hydrogen (secondary N) is 1. The Balaban J connectivity index is 1.34. The van der Waals surface area contributed by atoms with Crippen LogP contribution in [0.3, 0.4) is 0 Å². The van der Waals surface area contributed by atoms with E-state index in [0.29, 0.717) is 35.5 Å². The minimum atomic E-state index is -0.213. The smallest absolute Gasteiger partial charge is 0.256 e. The van der Waals surface area contributed by atoms with Crippen LogP contribution in [0.1, 0.15) is 46.8 Å². The zero-order valence-corrected chi connectivity index (χ0v) is 19.4. The lowest BCUT2D eigenvalue weighted by Gasteiger charge is -2.10. The number of hydrogen-bond acceptors (Lipinski definition) is 3. The zero-order valence-electron chi connectivity index (χ0n) is 18.7. The Morgan fingerprint density at radius 3 is 2.48 bits per heavy atom. The van der Waals surface area contributed by atoms with Crippen molar-refractivity contribution < 1.29 is 9.53 Å². The van der Waals surface area contributed by atoms with Crippen molar-refractivity contribution in [1.29, 1.82) is 0 Å². The molecule has 33 heavy (non-hydrogen) atoms. The highest BCUT2D eigenvalue weighted by atomic mass is 35.5. The largest absolute Gasteiger partial charge is 0.489 e. The van der Waals surface area contributed by atoms with Crippen molar-refractivity contribution in [3.8, 4) is 5.75 Å². The first kappa shape index (κ1) is 22.6. The molecule has 4 rings (SSSR count). The second kappa shape index (κ2) is 10.4. The molecule has 0 radical (unpaired) electrons. The molecule has 0 saturated heterocycles. The summed E-state index contributed by atoms with van der Waals surface area (Å²) in [5.41, 5.74) is 3.82. The number of nitrogens with zero attached hydrogens (tertiary/aromatic N) is 2. The number of carbonyl (C=O) groups is 1. The van der Waals surface area contributed by atoms with Crippen LogP contribution in [-0.2, 0) is 13.2 Å². The number of anilines is 1. The van der Waals surface area contributed by atoms with Gasteiger partial charge in [-0.3, -0.25) is 9.48 Å². The molecule has 1 heterocycles. The number of ether oxygens (including phenoxy) is 1. The summed E-state index contributed by atoms with van der Waals surface area (Å²) in [5.74, 6) is 1.58. The Morgan fingerprint density at radius 1 is 1.00 bits per heavy atom. The third-order valence-corrected chi connectivity index (χ3v) is 5.53. The first-order valence-corrected chi connectivity index (χ1v) is 11.2. The number of rotatable bonds is 8. The van der Waals surface area contributed by atoms with Gasteiger partial charge in [0.25, 0.3) is 5.91 Å². The Labute approximate surface area is 199 Å². The lowest BCUT2D eigenvalue weighted by molar-refractivity contribution is 0.102. The molecule has 1 N–H and O–H groups in total. The lowest BCUT2D eigenvalue weighted by Crippen LogP contribution is -2.13. The SMILES string of the molecule is CC(C)c1ccc(OCc2cccc(C(=O)Nc3ccn(Cc4ccc(Cl)cc4)n3)c2)cc1. The Hall–Kier alpha value is -3.57. The Kier molecular flexibility index (Phi) is 7.10. The van der Waals surface area contributed by atoms with E-state index in [1.54, 1.807) is 16.8 Å². The van der Waals surface area contributed by atoms with Crippen molar-refractivity contribution in [2.75, 3.05) is 5.32 Å². The van der Waals surface area contributed by atoms with E-state index in [9.17, 15) is 4.79 Å². The van der Waals surface area contributed by atoms with Crippen molar-refractivity contribution >= 4 is 23.3 Å². The quantitative estimate of drug-likeness (QED) is 0.325. The molecule has 0 aliphatic heterocycles. The second-order valence-corrected chi connectivity index (χ2v) is 8.63. The van der Waals surface area contributed by atoms with E-state index in [0.717, 1.165) is 16.9 Å². The van der Waals surface area contributed by atoms with Crippen molar-refractivity contribution in [3.05, 3.63) is 112 Å². The molecule has 0 aliphatic carbocycles. The molecule has 0 bridgehead atoms. The first-order chi connectivity index (χ1) is 16.0. The molecule has 0 aliphatic rings. The number of halogens is 1. The molecular formula is C27H26ClN3O2. The van der Waals surface area contributed by atoms with E-state index >= 15 is 0 Å². The minimum absolute atomic E-state index is 0.213. The fourth-order valence-corrected chi connectivity index (χ4v) is 3.53. The molecule has 4 aromatic rings. The fourth-order valence-electron chi connectivity index (χ4n) is 3.40. The van der Waals surface area contributed by atoms with Gasteiger partial charge >= 0.3 is 0 Å². The number of hydrogen-bond donors (Lipinski definition) is 1. The third-order valence-electron chi connectivity index (χ3n) is 5.28. The number of aromatic nitrogens is 2. The summed E-state index contributed by atoms with van der Waals surface area (Å²) in [6.45, 7) is 5.31. The fraction of sp³-hybridized carbons (Fsp3) is 0.185. The van der Waals surface area contributed by atoms with E-state index in [2.05, 4.69) is 36.4 Å². The van der Waals surface area contributed by atoms with E-state index < -0.39 is 0 Å². The topological polar surface area (TPSA) is 56.1 Å². The van der Waals surface area contributed by atoms with Crippen LogP contribution in [0, 0.1) is 0 Å². The zero-order chi connectivity index (χ0) is 23.2. The number of benzene rings is 3. The summed E-state index contributed by atoms with van der Waals surface area (Å²) in [5, 5.41) is 7.99. The summed E-state index contributed by atoms with van der Waals surface area (Å²) in [7, 11) is 0. The number of amides is 1. The van der Waals surface area contributed by atoms with Crippen molar-refractivity contribution in [2.45, 2.75) is 32.9 Å². The van der Waals surface area contributed by atoms with Gasteiger partial charge in [0, 0.05) is 22.8 Å². The van der Waals surface area contributed by atoms with Gasteiger partial charge in [0.1, 0.15) is 12.4 Å². The van der Waals surface area contributed by atoms with Crippen LogP contribution in [0.2, 0.25) is 5.02 Å². The van der Waals surface area contributed by atoms with Crippen LogP contribution in [0.15, 0.2) is 85.1 Å². The molecule has 5 nitrogen and oxygen atoms in total. The van der Waals surface area contributed by atoms with Crippen LogP contribution >= 0.6 is 11.6 Å². The molecule has 6 heteroatoms. The predicted molar refractivity (Wildman–Crippen MR) is 132 cm³/mol. The molecular weight excluding hydrogens is 434 g/mol. The van der Waals surface area contributed by atoms with Gasteiger partial charge in [-0.05, 0) is 59.0 Å². The van der Waals surface area contributed by atoms with Crippen molar-refractivity contribution in [3.63, 3.8) is 0 Å². The first-order valence-electron chi connectivity index (χ1n) is 10.9. The van der Waals surface area contributed by atoms with E-state index in [1.807, 2.05) is 60.8 Å². The van der Waals surface area contributed by atoms with Gasteiger partial charge in [-0.1, -0.05) is 61.8 Å². The molecule has 0 unspecified atom stereocenters. The van der Waals surface area contributed by atoms with Crippen LogP contribution in [0.5, 0.6) is 5.75 Å². The van der Waals surface area contributed by atoms with E-state index in [4.69, 9.17) is 16.3 Å². The standard InChI is InChI=1S/C27H26ClN3O2/c1-19(2)22-8-12-25(13-9-22)33-18-21-4-3-5-23(16-21)27(32)29-26-14-15-31(30-26)17-20-6-10-24(28)11-7-20/h3-16,19H,17-18H2,1-2H3,(H,29,30,32). The van der Waals surface area contributed by atoms with Crippen LogP contribution in [-0.4, -0.2) is 15.7 Å². The predicted octanol–water partition coefficient (Wildman–Crippen LogP) is 6.54. The summed E-state index contributed by atoms with van der Waals surface area (Å²) >= 11 is 5.93. The van der Waals surface area contributed by atoms with Gasteiger partial charge in [-0.2, -0.15) is 5.10 Å². The van der Waals surface area contributed by atoms with Crippen LogP contribution in [0.25, 0.3) is 0 Å². The highest BCUT2D eigenvalue weighted by Crippen LogP contribution is 2.20. The van der Waals surface area contributed by atoms with Gasteiger partial charge in [-0.25, -0.2) is 0 Å². The third kappa shape index (κ3) is 6.24.